The van der Waals surface area contributed by atoms with Crippen LogP contribution >= 0.6 is 15.9 Å². The van der Waals surface area contributed by atoms with Crippen LogP contribution in [-0.2, 0) is 19.4 Å². The van der Waals surface area contributed by atoms with Gasteiger partial charge in [-0.15, -0.1) is 6.42 Å². The lowest BCUT2D eigenvalue weighted by atomic mass is 9.99. The number of benzene rings is 1. The molecule has 5 nitrogen and oxygen atoms in total. The summed E-state index contributed by atoms with van der Waals surface area (Å²) < 4.78 is 19.4. The predicted octanol–water partition coefficient (Wildman–Crippen LogP) is 7.87. The van der Waals surface area contributed by atoms with Gasteiger partial charge in [0.05, 0.1) is 12.8 Å². The van der Waals surface area contributed by atoms with E-state index in [9.17, 15) is 4.79 Å². The van der Waals surface area contributed by atoms with Gasteiger partial charge < -0.3 is 13.6 Å². The first-order chi connectivity index (χ1) is 15.5. The van der Waals surface area contributed by atoms with E-state index in [1.807, 2.05) is 19.1 Å². The quantitative estimate of drug-likeness (QED) is 0.177. The van der Waals surface area contributed by atoms with Gasteiger partial charge in [-0.2, -0.15) is 0 Å². The van der Waals surface area contributed by atoms with E-state index in [2.05, 4.69) is 95.7 Å². The van der Waals surface area contributed by atoms with Crippen LogP contribution in [0.15, 0.2) is 16.6 Å². The molecule has 0 saturated heterocycles. The summed E-state index contributed by atoms with van der Waals surface area (Å²) in [5.74, 6) is 2.20. The van der Waals surface area contributed by atoms with Crippen molar-refractivity contribution in [1.82, 2.24) is 0 Å². The van der Waals surface area contributed by atoms with Crippen LogP contribution in [0, 0.1) is 31.1 Å². The fraction of sp³-hybridized carbons (Fsp3) is 0.654. The maximum absolute atomic E-state index is 12.2. The van der Waals surface area contributed by atoms with Gasteiger partial charge in [-0.25, -0.2) is 4.79 Å². The first kappa shape index (κ1) is 30.9. The number of halogens is 1. The Morgan fingerprint density at radius 3 is 1.82 bits per heavy atom. The monoisotopic (exact) mass is 567 g/mol. The Kier molecular flexibility index (Phi) is 10.7. The second-order valence-corrected chi connectivity index (χ2v) is 16.7. The largest absolute Gasteiger partial charge is 0.453 e. The van der Waals surface area contributed by atoms with Crippen LogP contribution in [0.3, 0.4) is 0 Å². The van der Waals surface area contributed by atoms with Gasteiger partial charge in [-0.3, -0.25) is 5.32 Å². The first-order valence-corrected chi connectivity index (χ1v) is 16.3. The van der Waals surface area contributed by atoms with Gasteiger partial charge in [-0.05, 0) is 65.5 Å². The number of hydrogen-bond acceptors (Lipinski definition) is 4. The number of rotatable bonds is 10. The Hall–Kier alpha value is -1.12. The number of terminal acetylenes is 1. The number of hydrogen-bond donors (Lipinski definition) is 1. The maximum atomic E-state index is 12.2. The molecule has 1 aromatic rings. The smallest absolute Gasteiger partial charge is 0.411 e. The number of ether oxygens (including phenoxy) is 1. The molecule has 1 amide bonds. The lowest BCUT2D eigenvalue weighted by molar-refractivity contribution is -0.0809. The molecule has 34 heavy (non-hydrogen) atoms. The number of amides is 1. The van der Waals surface area contributed by atoms with Crippen molar-refractivity contribution in [1.29, 1.82) is 0 Å². The van der Waals surface area contributed by atoms with E-state index < -0.39 is 30.0 Å². The van der Waals surface area contributed by atoms with E-state index in [-0.39, 0.29) is 10.1 Å². The summed E-state index contributed by atoms with van der Waals surface area (Å²) in [6.07, 6.45) is 5.69. The third-order valence-electron chi connectivity index (χ3n) is 7.56. The van der Waals surface area contributed by atoms with Gasteiger partial charge in [0.15, 0.2) is 0 Å². The molecule has 0 aromatic heterocycles. The van der Waals surface area contributed by atoms with Crippen LogP contribution in [0.25, 0.3) is 0 Å². The second-order valence-electron chi connectivity index (χ2n) is 10.6. The lowest BCUT2D eigenvalue weighted by Gasteiger charge is -2.44. The molecular formula is C26H42BrNO4Si2. The molecule has 0 heterocycles. The standard InChI is InChI=1S/C26H42BrNO4Si2/c1-14-26(31-33(12)24(7,8)17(2)3,32-34(13)25(9,10)18(4)5)20-16-21(27)19(6)15-22(20)28-23(29)30-11/h1,15-18H,2-13H3,(H,28,29). The zero-order valence-electron chi connectivity index (χ0n) is 22.9. The second kappa shape index (κ2) is 11.7. The van der Waals surface area contributed by atoms with Crippen molar-refractivity contribution in [3.05, 3.63) is 27.7 Å². The van der Waals surface area contributed by atoms with E-state index in [1.54, 1.807) is 0 Å². The van der Waals surface area contributed by atoms with Gasteiger partial charge in [0.1, 0.15) is 0 Å². The van der Waals surface area contributed by atoms with Gasteiger partial charge in [0.2, 0.25) is 23.9 Å². The molecule has 0 bridgehead atoms. The minimum absolute atomic E-state index is 0.0811. The predicted molar refractivity (Wildman–Crippen MR) is 149 cm³/mol. The van der Waals surface area contributed by atoms with Crippen LogP contribution in [0.1, 0.15) is 66.5 Å². The van der Waals surface area contributed by atoms with Crippen molar-refractivity contribution in [3.8, 4) is 12.3 Å². The van der Waals surface area contributed by atoms with E-state index in [0.29, 0.717) is 23.1 Å². The Bertz CT molecular complexity index is 881. The Morgan fingerprint density at radius 1 is 1.03 bits per heavy atom. The van der Waals surface area contributed by atoms with Crippen molar-refractivity contribution in [3.63, 3.8) is 0 Å². The summed E-state index contributed by atoms with van der Waals surface area (Å²) in [5.41, 5.74) is 2.04. The first-order valence-electron chi connectivity index (χ1n) is 11.7. The van der Waals surface area contributed by atoms with E-state index >= 15 is 0 Å². The van der Waals surface area contributed by atoms with Crippen molar-refractivity contribution < 1.29 is 18.4 Å². The topological polar surface area (TPSA) is 56.8 Å². The van der Waals surface area contributed by atoms with Crippen LogP contribution in [0.5, 0.6) is 0 Å². The molecule has 2 radical (unpaired) electrons. The van der Waals surface area contributed by atoms with Crippen LogP contribution in [-0.4, -0.2) is 31.3 Å². The van der Waals surface area contributed by atoms with Crippen LogP contribution in [0.2, 0.25) is 23.2 Å². The number of anilines is 1. The SMILES string of the molecule is C#CC(O[Si](C)C(C)(C)C(C)C)(O[Si](C)C(C)(C)C(C)C)c1cc(Br)c(C)cc1NC(=O)OC. The number of carbonyl (C=O) groups is 1. The fourth-order valence-electron chi connectivity index (χ4n) is 2.99. The van der Waals surface area contributed by atoms with E-state index in [1.165, 1.54) is 7.11 Å². The van der Waals surface area contributed by atoms with Gasteiger partial charge in [0.25, 0.3) is 0 Å². The minimum Gasteiger partial charge on any atom is -0.453 e. The zero-order valence-corrected chi connectivity index (χ0v) is 26.5. The zero-order chi connectivity index (χ0) is 26.6. The Balaban J connectivity index is 3.82. The number of methoxy groups -OCH3 is 1. The minimum atomic E-state index is -1.47. The normalized spacial score (nSPS) is 13.1. The van der Waals surface area contributed by atoms with E-state index in [0.717, 1.165) is 10.0 Å². The molecule has 1 aromatic carbocycles. The van der Waals surface area contributed by atoms with Crippen molar-refractivity contribution in [2.45, 2.75) is 91.3 Å². The summed E-state index contributed by atoms with van der Waals surface area (Å²) in [4.78, 5) is 12.2. The molecule has 0 spiro atoms. The molecule has 0 atom stereocenters. The summed E-state index contributed by atoms with van der Waals surface area (Å²) in [7, 11) is -1.62. The number of carbonyl (C=O) groups excluding carboxylic acids is 1. The van der Waals surface area contributed by atoms with Crippen molar-refractivity contribution in [2.75, 3.05) is 12.4 Å². The highest BCUT2D eigenvalue weighted by Crippen LogP contribution is 2.46. The van der Waals surface area contributed by atoms with Crippen LogP contribution in [0.4, 0.5) is 10.5 Å². The van der Waals surface area contributed by atoms with Crippen molar-refractivity contribution in [2.24, 2.45) is 11.8 Å². The van der Waals surface area contributed by atoms with Crippen LogP contribution < -0.4 is 5.32 Å². The Morgan fingerprint density at radius 2 is 1.47 bits per heavy atom. The molecule has 0 saturated carbocycles. The molecule has 190 valence electrons. The molecule has 1 N–H and O–H groups in total. The van der Waals surface area contributed by atoms with Crippen molar-refractivity contribution >= 4 is 45.8 Å². The molecule has 0 unspecified atom stereocenters. The van der Waals surface area contributed by atoms with Gasteiger partial charge in [0, 0.05) is 10.0 Å². The summed E-state index contributed by atoms with van der Waals surface area (Å²) in [5, 5.41) is 2.66. The molecule has 8 heteroatoms. The highest BCUT2D eigenvalue weighted by molar-refractivity contribution is 9.10. The molecule has 0 aliphatic heterocycles. The highest BCUT2D eigenvalue weighted by Gasteiger charge is 2.47. The lowest BCUT2D eigenvalue weighted by Crippen LogP contribution is -2.47. The molecular weight excluding hydrogens is 526 g/mol. The van der Waals surface area contributed by atoms with Gasteiger partial charge in [-0.1, -0.05) is 71.3 Å². The third-order valence-corrected chi connectivity index (χ3v) is 14.4. The summed E-state index contributed by atoms with van der Waals surface area (Å²) in [6.45, 7) is 23.8. The summed E-state index contributed by atoms with van der Waals surface area (Å²) in [6, 6.07) is 3.76. The Labute approximate surface area is 219 Å². The van der Waals surface area contributed by atoms with Gasteiger partial charge >= 0.3 is 6.09 Å². The summed E-state index contributed by atoms with van der Waals surface area (Å²) >= 11 is 3.64. The molecule has 1 rings (SSSR count). The average Bonchev–Trinajstić information content (AvgIpc) is 2.74. The average molecular weight is 569 g/mol. The molecule has 0 aliphatic rings. The maximum Gasteiger partial charge on any atom is 0.411 e. The molecule has 0 fully saturated rings. The highest BCUT2D eigenvalue weighted by atomic mass is 79.9. The number of nitrogens with one attached hydrogen (secondary N) is 1. The fourth-order valence-corrected chi connectivity index (χ4v) is 6.86. The number of aryl methyl sites for hydroxylation is 1. The molecule has 0 aliphatic carbocycles. The third kappa shape index (κ3) is 6.76. The van der Waals surface area contributed by atoms with E-state index in [4.69, 9.17) is 20.0 Å².